The van der Waals surface area contributed by atoms with E-state index in [0.29, 0.717) is 23.5 Å². The molecule has 0 spiro atoms. The molecule has 2 aliphatic rings. The average molecular weight is 456 g/mol. The van der Waals surface area contributed by atoms with Crippen molar-refractivity contribution < 1.29 is 23.0 Å². The van der Waals surface area contributed by atoms with Crippen LogP contribution in [-0.4, -0.2) is 33.2 Å². The Labute approximate surface area is 195 Å². The van der Waals surface area contributed by atoms with Gasteiger partial charge in [0.15, 0.2) is 5.70 Å². The Morgan fingerprint density at radius 1 is 0.970 bits per heavy atom. The SMILES string of the molecule is O=C(O)CCCCCCC/C=C\C/C=C\CCCCc1ccc2n1[B-](F)(F)[N+]1=CC=CC1=C2. The molecular weight excluding hydrogens is 421 g/mol. The number of carbonyl (C=O) groups is 1. The molecule has 2 aliphatic heterocycles. The minimum atomic E-state index is -3.81. The monoisotopic (exact) mass is 456 g/mol. The van der Waals surface area contributed by atoms with E-state index in [1.807, 2.05) is 12.1 Å². The Morgan fingerprint density at radius 3 is 2.42 bits per heavy atom. The van der Waals surface area contributed by atoms with E-state index < -0.39 is 12.9 Å². The average Bonchev–Trinajstić information content (AvgIpc) is 3.41. The summed E-state index contributed by atoms with van der Waals surface area (Å²) in [5.74, 6) is -0.703. The molecule has 0 amide bonds. The van der Waals surface area contributed by atoms with Crippen molar-refractivity contribution in [2.45, 2.75) is 77.0 Å². The molecule has 0 saturated heterocycles. The third kappa shape index (κ3) is 7.14. The highest BCUT2D eigenvalue weighted by atomic mass is 19.2. The fourth-order valence-corrected chi connectivity index (χ4v) is 4.44. The predicted molar refractivity (Wildman–Crippen MR) is 132 cm³/mol. The van der Waals surface area contributed by atoms with Gasteiger partial charge in [-0.2, -0.15) is 0 Å². The van der Waals surface area contributed by atoms with Crippen molar-refractivity contribution in [3.8, 4) is 0 Å². The molecular formula is C26H35BF2N2O2. The first kappa shape index (κ1) is 24.9. The lowest BCUT2D eigenvalue weighted by Gasteiger charge is -2.29. The summed E-state index contributed by atoms with van der Waals surface area (Å²) in [7, 11) is 0. The highest BCUT2D eigenvalue weighted by Gasteiger charge is 2.50. The number of unbranched alkanes of at least 4 members (excludes halogenated alkanes) is 7. The van der Waals surface area contributed by atoms with Gasteiger partial charge in [-0.05, 0) is 69.2 Å². The number of aromatic nitrogens is 1. The van der Waals surface area contributed by atoms with E-state index in [0.717, 1.165) is 68.7 Å². The molecule has 0 unspecified atom stereocenters. The third-order valence-corrected chi connectivity index (χ3v) is 6.21. The van der Waals surface area contributed by atoms with Gasteiger partial charge < -0.3 is 22.7 Å². The number of fused-ring (bicyclic) bond motifs is 2. The number of nitrogens with zero attached hydrogens (tertiary/aromatic N) is 2. The van der Waals surface area contributed by atoms with E-state index in [-0.39, 0.29) is 6.42 Å². The van der Waals surface area contributed by atoms with Crippen LogP contribution >= 0.6 is 0 Å². The number of hydrogen-bond donors (Lipinski definition) is 1. The van der Waals surface area contributed by atoms with Gasteiger partial charge in [0, 0.05) is 30.3 Å². The minimum absolute atomic E-state index is 0.283. The maximum atomic E-state index is 15.0. The maximum absolute atomic E-state index is 15.0. The van der Waals surface area contributed by atoms with Gasteiger partial charge in [0.2, 0.25) is 0 Å². The van der Waals surface area contributed by atoms with Crippen molar-refractivity contribution in [2.75, 3.05) is 0 Å². The molecule has 0 saturated carbocycles. The summed E-state index contributed by atoms with van der Waals surface area (Å²) in [5.41, 5.74) is 1.86. The van der Waals surface area contributed by atoms with Crippen molar-refractivity contribution >= 4 is 25.2 Å². The van der Waals surface area contributed by atoms with Crippen molar-refractivity contribution in [3.05, 3.63) is 65.7 Å². The lowest BCUT2D eigenvalue weighted by atomic mass is 9.91. The Kier molecular flexibility index (Phi) is 9.46. The Hall–Kier alpha value is -2.70. The molecule has 0 aliphatic carbocycles. The summed E-state index contributed by atoms with van der Waals surface area (Å²) in [5, 5.41) is 8.59. The molecule has 3 heterocycles. The highest BCUT2D eigenvalue weighted by molar-refractivity contribution is 6.57. The molecule has 1 aromatic heterocycles. The molecule has 1 N–H and O–H groups in total. The lowest BCUT2D eigenvalue weighted by molar-refractivity contribution is -0.355. The molecule has 0 radical (unpaired) electrons. The second kappa shape index (κ2) is 12.5. The molecule has 0 aromatic carbocycles. The van der Waals surface area contributed by atoms with Gasteiger partial charge in [-0.1, -0.05) is 43.6 Å². The Balaban J connectivity index is 1.25. The summed E-state index contributed by atoms with van der Waals surface area (Å²) < 4.78 is 32.3. The largest absolute Gasteiger partial charge is 0.737 e. The molecule has 7 heteroatoms. The molecule has 178 valence electrons. The van der Waals surface area contributed by atoms with E-state index in [4.69, 9.17) is 5.11 Å². The van der Waals surface area contributed by atoms with Crippen molar-refractivity contribution in [2.24, 2.45) is 0 Å². The fraction of sp³-hybridized carbons (Fsp3) is 0.462. The smallest absolute Gasteiger partial charge is 0.481 e. The maximum Gasteiger partial charge on any atom is 0.737 e. The van der Waals surface area contributed by atoms with Crippen LogP contribution in [0.3, 0.4) is 0 Å². The molecule has 3 rings (SSSR count). The standard InChI is InChI=1S/C26H35BF2N2O2/c28-27(29)30-21-15-17-24(30)22-25-20-19-23(31(25)27)16-13-11-9-7-5-3-1-2-4-6-8-10-12-14-18-26(32)33/h1-2,5,7,15,17,19-22H,3-4,6,8-14,16,18H2,(H,32,33)/b2-1-,7-5-. The van der Waals surface area contributed by atoms with Crippen LogP contribution in [0.2, 0.25) is 0 Å². The summed E-state index contributed by atoms with van der Waals surface area (Å²) in [6.07, 6.45) is 26.4. The van der Waals surface area contributed by atoms with Gasteiger partial charge in [-0.15, -0.1) is 0 Å². The number of hydrogen-bond acceptors (Lipinski definition) is 1. The molecule has 0 bridgehead atoms. The van der Waals surface area contributed by atoms with Gasteiger partial charge in [0.05, 0.1) is 0 Å². The van der Waals surface area contributed by atoms with Gasteiger partial charge in [0.25, 0.3) is 0 Å². The van der Waals surface area contributed by atoms with Crippen molar-refractivity contribution in [3.63, 3.8) is 0 Å². The van der Waals surface area contributed by atoms with Crippen molar-refractivity contribution in [1.82, 2.24) is 4.48 Å². The van der Waals surface area contributed by atoms with Gasteiger partial charge in [-0.25, -0.2) is 0 Å². The molecule has 0 fully saturated rings. The van der Waals surface area contributed by atoms with E-state index in [9.17, 15) is 13.4 Å². The highest BCUT2D eigenvalue weighted by Crippen LogP contribution is 2.31. The van der Waals surface area contributed by atoms with Crippen LogP contribution in [0, 0.1) is 0 Å². The fourth-order valence-electron chi connectivity index (χ4n) is 4.44. The van der Waals surface area contributed by atoms with Gasteiger partial charge in [-0.3, -0.25) is 4.79 Å². The normalized spacial score (nSPS) is 16.3. The zero-order valence-corrected chi connectivity index (χ0v) is 19.3. The summed E-state index contributed by atoms with van der Waals surface area (Å²) in [4.78, 5) is 10.4. The Morgan fingerprint density at radius 2 is 1.67 bits per heavy atom. The van der Waals surface area contributed by atoms with Gasteiger partial charge >= 0.3 is 12.9 Å². The second-order valence-electron chi connectivity index (χ2n) is 8.82. The van der Waals surface area contributed by atoms with Gasteiger partial charge in [0.1, 0.15) is 6.21 Å². The molecule has 0 atom stereocenters. The van der Waals surface area contributed by atoms with Crippen LogP contribution in [0.15, 0.2) is 54.3 Å². The van der Waals surface area contributed by atoms with E-state index in [2.05, 4.69) is 24.3 Å². The quantitative estimate of drug-likeness (QED) is 0.180. The predicted octanol–water partition coefficient (Wildman–Crippen LogP) is 6.75. The second-order valence-corrected chi connectivity index (χ2v) is 8.82. The summed E-state index contributed by atoms with van der Waals surface area (Å²) in [6.45, 7) is -3.81. The first-order valence-corrected chi connectivity index (χ1v) is 12.3. The molecule has 1 aromatic rings. The zero-order chi connectivity index (χ0) is 23.5. The number of aryl methyl sites for hydroxylation is 1. The van der Waals surface area contributed by atoms with Crippen LogP contribution in [0.4, 0.5) is 8.63 Å². The first-order valence-electron chi connectivity index (χ1n) is 12.3. The van der Waals surface area contributed by atoms with Crippen LogP contribution in [0.1, 0.15) is 82.0 Å². The van der Waals surface area contributed by atoms with Crippen LogP contribution in [0.5, 0.6) is 0 Å². The number of allylic oxidation sites excluding steroid dienone is 6. The summed E-state index contributed by atoms with van der Waals surface area (Å²) >= 11 is 0. The number of rotatable bonds is 15. The lowest BCUT2D eigenvalue weighted by Crippen LogP contribution is -2.49. The van der Waals surface area contributed by atoms with E-state index >= 15 is 0 Å². The molecule has 33 heavy (non-hydrogen) atoms. The number of carboxylic acids is 1. The van der Waals surface area contributed by atoms with E-state index in [1.54, 1.807) is 18.2 Å². The summed E-state index contributed by atoms with van der Waals surface area (Å²) in [6, 6.07) is 3.64. The zero-order valence-electron chi connectivity index (χ0n) is 19.3. The molecule has 4 nitrogen and oxygen atoms in total. The van der Waals surface area contributed by atoms with Crippen molar-refractivity contribution in [1.29, 1.82) is 0 Å². The number of aliphatic carboxylic acids is 1. The first-order chi connectivity index (χ1) is 16.0. The number of halogens is 2. The van der Waals surface area contributed by atoms with Crippen LogP contribution in [0.25, 0.3) is 6.08 Å². The minimum Gasteiger partial charge on any atom is -0.481 e. The Bertz CT molecular complexity index is 957. The van der Waals surface area contributed by atoms with E-state index in [1.165, 1.54) is 10.7 Å². The van der Waals surface area contributed by atoms with Crippen LogP contribution < -0.4 is 0 Å². The topological polar surface area (TPSA) is 45.2 Å². The number of carboxylic acid groups (broad SMARTS) is 1. The van der Waals surface area contributed by atoms with Crippen LogP contribution in [-0.2, 0) is 11.2 Å². The third-order valence-electron chi connectivity index (χ3n) is 6.21.